The molecule has 0 amide bonds. The molecule has 0 atom stereocenters. The third-order valence-corrected chi connectivity index (χ3v) is 2.69. The molecule has 0 aliphatic carbocycles. The van der Waals surface area contributed by atoms with E-state index >= 15 is 0 Å². The Balaban J connectivity index is 0.00000108. The predicted octanol–water partition coefficient (Wildman–Crippen LogP) is 3.72. The Labute approximate surface area is 135 Å². The van der Waals surface area contributed by atoms with Crippen LogP contribution >= 0.6 is 0 Å². The number of rotatable bonds is 7. The van der Waals surface area contributed by atoms with Crippen molar-refractivity contribution in [2.24, 2.45) is 0 Å². The van der Waals surface area contributed by atoms with Gasteiger partial charge in [-0.1, -0.05) is 13.8 Å². The summed E-state index contributed by atoms with van der Waals surface area (Å²) in [6.07, 6.45) is 1.71. The van der Waals surface area contributed by atoms with Crippen LogP contribution < -0.4 is 4.90 Å². The largest absolute Gasteiger partial charge is 0.366 e. The zero-order chi connectivity index (χ0) is 18.0. The van der Waals surface area contributed by atoms with Crippen LogP contribution in [-0.4, -0.2) is 28.7 Å². The number of Topliss-reactive ketones (excluding diaryl/α,β-unsaturated/α-hetero) is 1. The first-order chi connectivity index (χ1) is 10.7. The topological polar surface area (TPSA) is 107 Å². The number of carbonyl (C=O) groups excluding carboxylic acids is 1. The first-order valence-electron chi connectivity index (χ1n) is 7.39. The Bertz CT molecular complexity index is 550. The first kappa shape index (κ1) is 20.5. The molecule has 23 heavy (non-hydrogen) atoms. The van der Waals surface area contributed by atoms with Gasteiger partial charge in [-0.25, -0.2) is 0 Å². The Morgan fingerprint density at radius 1 is 1.04 bits per heavy atom. The number of anilines is 1. The van der Waals surface area contributed by atoms with Crippen LogP contribution in [0.4, 0.5) is 17.1 Å². The van der Waals surface area contributed by atoms with Gasteiger partial charge in [-0.05, 0) is 32.8 Å². The minimum absolute atomic E-state index is 0.167. The Morgan fingerprint density at radius 2 is 1.52 bits per heavy atom. The number of nitro groups is 2. The molecule has 0 aromatic heterocycles. The fraction of sp³-hybridized carbons (Fsp3) is 0.533. The highest BCUT2D eigenvalue weighted by Crippen LogP contribution is 2.32. The lowest BCUT2D eigenvalue weighted by Crippen LogP contribution is -2.25. The van der Waals surface area contributed by atoms with Gasteiger partial charge in [0.15, 0.2) is 0 Å². The molecule has 0 radical (unpaired) electrons. The lowest BCUT2D eigenvalue weighted by molar-refractivity contribution is -0.393. The summed E-state index contributed by atoms with van der Waals surface area (Å²) in [5.74, 6) is 0.167. The van der Waals surface area contributed by atoms with Crippen LogP contribution in [0.5, 0.6) is 0 Å². The molecule has 128 valence electrons. The van der Waals surface area contributed by atoms with E-state index in [4.69, 9.17) is 0 Å². The summed E-state index contributed by atoms with van der Waals surface area (Å²) in [4.78, 5) is 31.9. The number of nitrogens with zero attached hydrogens (tertiary/aromatic N) is 3. The van der Waals surface area contributed by atoms with Gasteiger partial charge in [-0.15, -0.1) is 0 Å². The molecule has 0 unspecified atom stereocenters. The maximum atomic E-state index is 11.1. The van der Waals surface area contributed by atoms with E-state index < -0.39 is 9.85 Å². The number of carbonyl (C=O) groups is 1. The smallest absolute Gasteiger partial charge is 0.299 e. The fourth-order valence-corrected chi connectivity index (χ4v) is 1.93. The SMILES string of the molecule is CC(C)=O.CCCN(CCC)c1ccc([N+](=O)[O-])cc1[N+](=O)[O-]. The number of hydrogen-bond acceptors (Lipinski definition) is 6. The highest BCUT2D eigenvalue weighted by atomic mass is 16.6. The van der Waals surface area contributed by atoms with Gasteiger partial charge in [0.05, 0.1) is 15.9 Å². The maximum Gasteiger partial charge on any atom is 0.299 e. The molecule has 1 rings (SSSR count). The second-order valence-corrected chi connectivity index (χ2v) is 5.08. The summed E-state index contributed by atoms with van der Waals surface area (Å²) in [6, 6.07) is 3.79. The van der Waals surface area contributed by atoms with Crippen LogP contribution in [0.2, 0.25) is 0 Å². The third-order valence-electron chi connectivity index (χ3n) is 2.69. The van der Waals surface area contributed by atoms with Gasteiger partial charge in [0.1, 0.15) is 11.5 Å². The van der Waals surface area contributed by atoms with E-state index in [9.17, 15) is 25.0 Å². The average Bonchev–Trinajstić information content (AvgIpc) is 2.45. The van der Waals surface area contributed by atoms with Crippen molar-refractivity contribution < 1.29 is 14.6 Å². The van der Waals surface area contributed by atoms with Crippen molar-refractivity contribution in [2.75, 3.05) is 18.0 Å². The van der Waals surface area contributed by atoms with E-state index in [0.29, 0.717) is 18.8 Å². The van der Waals surface area contributed by atoms with Crippen molar-refractivity contribution in [1.29, 1.82) is 0 Å². The monoisotopic (exact) mass is 325 g/mol. The molecule has 1 aromatic rings. The van der Waals surface area contributed by atoms with Crippen LogP contribution in [-0.2, 0) is 4.79 Å². The zero-order valence-electron chi connectivity index (χ0n) is 13.9. The molecule has 0 bridgehead atoms. The van der Waals surface area contributed by atoms with Crippen molar-refractivity contribution >= 4 is 22.8 Å². The quantitative estimate of drug-likeness (QED) is 0.558. The van der Waals surface area contributed by atoms with Crippen molar-refractivity contribution in [3.05, 3.63) is 38.4 Å². The van der Waals surface area contributed by atoms with Gasteiger partial charge >= 0.3 is 0 Å². The normalized spacial score (nSPS) is 9.57. The molecule has 0 aliphatic rings. The van der Waals surface area contributed by atoms with Crippen LogP contribution in [0, 0.1) is 20.2 Å². The second kappa shape index (κ2) is 10.3. The van der Waals surface area contributed by atoms with Gasteiger partial charge in [0.25, 0.3) is 11.4 Å². The lowest BCUT2D eigenvalue weighted by Gasteiger charge is -2.23. The highest BCUT2D eigenvalue weighted by molar-refractivity contribution is 5.72. The molecule has 8 nitrogen and oxygen atoms in total. The van der Waals surface area contributed by atoms with Crippen molar-refractivity contribution in [3.8, 4) is 0 Å². The molecule has 0 spiro atoms. The fourth-order valence-electron chi connectivity index (χ4n) is 1.93. The van der Waals surface area contributed by atoms with Crippen LogP contribution in [0.3, 0.4) is 0 Å². The van der Waals surface area contributed by atoms with E-state index in [1.54, 1.807) is 0 Å². The van der Waals surface area contributed by atoms with E-state index in [2.05, 4.69) is 0 Å². The third kappa shape index (κ3) is 7.35. The summed E-state index contributed by atoms with van der Waals surface area (Å²) < 4.78 is 0. The summed E-state index contributed by atoms with van der Waals surface area (Å²) in [7, 11) is 0. The highest BCUT2D eigenvalue weighted by Gasteiger charge is 2.22. The van der Waals surface area contributed by atoms with Gasteiger partial charge in [-0.2, -0.15) is 0 Å². The zero-order valence-corrected chi connectivity index (χ0v) is 13.9. The first-order valence-corrected chi connectivity index (χ1v) is 7.39. The molecule has 0 saturated heterocycles. The molecular weight excluding hydrogens is 302 g/mol. The number of nitro benzene ring substituents is 2. The minimum atomic E-state index is -0.624. The molecular formula is C15H23N3O5. The average molecular weight is 325 g/mol. The number of non-ortho nitro benzene ring substituents is 1. The van der Waals surface area contributed by atoms with Crippen molar-refractivity contribution in [1.82, 2.24) is 0 Å². The van der Waals surface area contributed by atoms with Crippen LogP contribution in [0.15, 0.2) is 18.2 Å². The van der Waals surface area contributed by atoms with E-state index in [0.717, 1.165) is 18.9 Å². The summed E-state index contributed by atoms with van der Waals surface area (Å²) in [6.45, 7) is 8.40. The second-order valence-electron chi connectivity index (χ2n) is 5.08. The van der Waals surface area contributed by atoms with E-state index in [1.165, 1.54) is 26.0 Å². The van der Waals surface area contributed by atoms with Gasteiger partial charge in [0.2, 0.25) is 0 Å². The number of benzene rings is 1. The standard InChI is InChI=1S/C12H17N3O4.C3H6O/c1-3-7-13(8-4-2)11-6-5-10(14(16)17)9-12(11)15(18)19;1-3(2)4/h5-6,9H,3-4,7-8H2,1-2H3;1-2H3. The number of hydrogen-bond donors (Lipinski definition) is 0. The van der Waals surface area contributed by atoms with Crippen LogP contribution in [0.25, 0.3) is 0 Å². The molecule has 0 aliphatic heterocycles. The molecule has 0 heterocycles. The van der Waals surface area contributed by atoms with E-state index in [1.807, 2.05) is 18.7 Å². The summed E-state index contributed by atoms with van der Waals surface area (Å²) in [5, 5.41) is 21.7. The van der Waals surface area contributed by atoms with Crippen molar-refractivity contribution in [3.63, 3.8) is 0 Å². The van der Waals surface area contributed by atoms with Gasteiger partial charge in [0, 0.05) is 19.2 Å². The molecule has 0 fully saturated rings. The Hall–Kier alpha value is -2.51. The summed E-state index contributed by atoms with van der Waals surface area (Å²) >= 11 is 0. The number of ketones is 1. The molecule has 0 saturated carbocycles. The van der Waals surface area contributed by atoms with E-state index in [-0.39, 0.29) is 17.2 Å². The predicted molar refractivity (Wildman–Crippen MR) is 88.9 cm³/mol. The lowest BCUT2D eigenvalue weighted by atomic mass is 10.2. The van der Waals surface area contributed by atoms with Crippen molar-refractivity contribution in [2.45, 2.75) is 40.5 Å². The maximum absolute atomic E-state index is 11.1. The molecule has 8 heteroatoms. The molecule has 1 aromatic carbocycles. The Kier molecular flexibility index (Phi) is 9.14. The van der Waals surface area contributed by atoms with Gasteiger partial charge in [-0.3, -0.25) is 20.2 Å². The Morgan fingerprint density at radius 3 is 1.87 bits per heavy atom. The minimum Gasteiger partial charge on any atom is -0.366 e. The van der Waals surface area contributed by atoms with Gasteiger partial charge < -0.3 is 9.69 Å². The van der Waals surface area contributed by atoms with Crippen LogP contribution in [0.1, 0.15) is 40.5 Å². The summed E-state index contributed by atoms with van der Waals surface area (Å²) in [5.41, 5.74) is -0.0289. The molecule has 0 N–H and O–H groups in total.